The summed E-state index contributed by atoms with van der Waals surface area (Å²) in [6.07, 6.45) is 2.53. The van der Waals surface area contributed by atoms with Crippen LogP contribution in [-0.2, 0) is 9.53 Å². The molecule has 1 aromatic rings. The lowest BCUT2D eigenvalue weighted by molar-refractivity contribution is -0.145. The van der Waals surface area contributed by atoms with Crippen molar-refractivity contribution in [1.29, 1.82) is 0 Å². The Morgan fingerprint density at radius 2 is 2.00 bits per heavy atom. The van der Waals surface area contributed by atoms with E-state index in [0.29, 0.717) is 24.9 Å². The summed E-state index contributed by atoms with van der Waals surface area (Å²) in [5.41, 5.74) is 1.17. The first-order valence-electron chi connectivity index (χ1n) is 6.10. The molecule has 3 heteroatoms. The Morgan fingerprint density at radius 3 is 2.59 bits per heavy atom. The van der Waals surface area contributed by atoms with Gasteiger partial charge in [0.2, 0.25) is 0 Å². The topological polar surface area (TPSA) is 26.3 Å². The van der Waals surface area contributed by atoms with E-state index in [-0.39, 0.29) is 11.8 Å². The van der Waals surface area contributed by atoms with E-state index in [0.717, 1.165) is 12.8 Å². The molecule has 1 aliphatic carbocycles. The van der Waals surface area contributed by atoms with Crippen molar-refractivity contribution in [3.8, 4) is 0 Å². The number of hydrogen-bond acceptors (Lipinski definition) is 2. The summed E-state index contributed by atoms with van der Waals surface area (Å²) in [7, 11) is 0. The molecule has 0 amide bonds. The molecule has 0 aliphatic heterocycles. The van der Waals surface area contributed by atoms with Crippen LogP contribution in [0.25, 0.3) is 0 Å². The molecule has 1 fully saturated rings. The van der Waals surface area contributed by atoms with Crippen LogP contribution in [0.15, 0.2) is 24.3 Å². The number of carbonyl (C=O) groups excluding carboxylic acids is 1. The van der Waals surface area contributed by atoms with Crippen molar-refractivity contribution in [1.82, 2.24) is 0 Å². The Labute approximate surface area is 101 Å². The van der Waals surface area contributed by atoms with Gasteiger partial charge in [-0.2, -0.15) is 0 Å². The molecule has 1 saturated carbocycles. The third-order valence-corrected chi connectivity index (χ3v) is 3.34. The lowest BCUT2D eigenvalue weighted by atomic mass is 9.70. The smallest absolute Gasteiger partial charge is 0.306 e. The lowest BCUT2D eigenvalue weighted by Crippen LogP contribution is -2.25. The van der Waals surface area contributed by atoms with Gasteiger partial charge < -0.3 is 4.74 Å². The van der Waals surface area contributed by atoms with Gasteiger partial charge in [0.15, 0.2) is 0 Å². The van der Waals surface area contributed by atoms with Crippen molar-refractivity contribution in [2.24, 2.45) is 5.92 Å². The van der Waals surface area contributed by atoms with E-state index < -0.39 is 0 Å². The minimum atomic E-state index is -0.198. The number of esters is 1. The molecule has 92 valence electrons. The third kappa shape index (κ3) is 3.05. The summed E-state index contributed by atoms with van der Waals surface area (Å²) in [6.45, 7) is 2.27. The molecule has 2 nitrogen and oxygen atoms in total. The van der Waals surface area contributed by atoms with Crippen molar-refractivity contribution in [3.63, 3.8) is 0 Å². The minimum Gasteiger partial charge on any atom is -0.466 e. The fourth-order valence-corrected chi connectivity index (χ4v) is 2.37. The van der Waals surface area contributed by atoms with Crippen LogP contribution in [0.3, 0.4) is 0 Å². The fraction of sp³-hybridized carbons (Fsp3) is 0.500. The quantitative estimate of drug-likeness (QED) is 0.750. The molecule has 0 N–H and O–H groups in total. The third-order valence-electron chi connectivity index (χ3n) is 3.34. The van der Waals surface area contributed by atoms with Gasteiger partial charge in [-0.15, -0.1) is 0 Å². The summed E-state index contributed by atoms with van der Waals surface area (Å²) in [6, 6.07) is 6.66. The van der Waals surface area contributed by atoms with E-state index in [9.17, 15) is 9.18 Å². The molecular formula is C14H17FO2. The summed E-state index contributed by atoms with van der Waals surface area (Å²) in [5, 5.41) is 0. The van der Waals surface area contributed by atoms with Gasteiger partial charge in [0.1, 0.15) is 5.82 Å². The number of halogens is 1. The molecule has 0 atom stereocenters. The Kier molecular flexibility index (Phi) is 3.77. The standard InChI is InChI=1S/C14H17FO2/c1-2-17-14(16)9-10-7-12(8-10)11-3-5-13(15)6-4-11/h3-6,10,12H,2,7-9H2,1H3. The van der Waals surface area contributed by atoms with E-state index in [2.05, 4.69) is 0 Å². The van der Waals surface area contributed by atoms with Gasteiger partial charge in [-0.3, -0.25) is 4.79 Å². The van der Waals surface area contributed by atoms with Gasteiger partial charge in [-0.1, -0.05) is 12.1 Å². The molecule has 0 bridgehead atoms. The van der Waals surface area contributed by atoms with Crippen LogP contribution in [0.2, 0.25) is 0 Å². The monoisotopic (exact) mass is 236 g/mol. The number of benzene rings is 1. The zero-order valence-electron chi connectivity index (χ0n) is 9.99. The summed E-state index contributed by atoms with van der Waals surface area (Å²) in [5.74, 6) is 0.616. The Hall–Kier alpha value is -1.38. The summed E-state index contributed by atoms with van der Waals surface area (Å²) < 4.78 is 17.7. The molecule has 0 radical (unpaired) electrons. The largest absolute Gasteiger partial charge is 0.466 e. The second-order valence-corrected chi connectivity index (χ2v) is 4.60. The summed E-state index contributed by atoms with van der Waals surface area (Å²) in [4.78, 5) is 11.3. The maximum atomic E-state index is 12.7. The van der Waals surface area contributed by atoms with Crippen LogP contribution in [0, 0.1) is 11.7 Å². The van der Waals surface area contributed by atoms with E-state index in [1.165, 1.54) is 17.7 Å². The summed E-state index contributed by atoms with van der Waals surface area (Å²) >= 11 is 0. The average Bonchev–Trinajstić information content (AvgIpc) is 2.25. The van der Waals surface area contributed by atoms with Crippen molar-refractivity contribution in [2.45, 2.75) is 32.1 Å². The van der Waals surface area contributed by atoms with Gasteiger partial charge in [0.05, 0.1) is 6.61 Å². The number of ether oxygens (including phenoxy) is 1. The van der Waals surface area contributed by atoms with Gasteiger partial charge in [0.25, 0.3) is 0 Å². The zero-order valence-corrected chi connectivity index (χ0v) is 9.99. The fourth-order valence-electron chi connectivity index (χ4n) is 2.37. The predicted octanol–water partition coefficient (Wildman–Crippen LogP) is 3.27. The zero-order chi connectivity index (χ0) is 12.3. The molecule has 1 aliphatic rings. The molecule has 1 aromatic carbocycles. The average molecular weight is 236 g/mol. The van der Waals surface area contributed by atoms with Crippen LogP contribution < -0.4 is 0 Å². The van der Waals surface area contributed by atoms with E-state index >= 15 is 0 Å². The first kappa shape index (κ1) is 12.1. The van der Waals surface area contributed by atoms with Crippen molar-refractivity contribution >= 4 is 5.97 Å². The SMILES string of the molecule is CCOC(=O)CC1CC(c2ccc(F)cc2)C1. The van der Waals surface area contributed by atoms with Crippen LogP contribution in [0.5, 0.6) is 0 Å². The molecule has 2 rings (SSSR count). The number of rotatable bonds is 4. The maximum absolute atomic E-state index is 12.7. The van der Waals surface area contributed by atoms with Crippen LogP contribution in [0.1, 0.15) is 37.7 Å². The predicted molar refractivity (Wildman–Crippen MR) is 63.1 cm³/mol. The maximum Gasteiger partial charge on any atom is 0.306 e. The van der Waals surface area contributed by atoms with Gasteiger partial charge >= 0.3 is 5.97 Å². The van der Waals surface area contributed by atoms with Crippen LogP contribution >= 0.6 is 0 Å². The van der Waals surface area contributed by atoms with Crippen LogP contribution in [0.4, 0.5) is 4.39 Å². The van der Waals surface area contributed by atoms with E-state index in [4.69, 9.17) is 4.74 Å². The Morgan fingerprint density at radius 1 is 1.35 bits per heavy atom. The normalized spacial score (nSPS) is 22.9. The number of carbonyl (C=O) groups is 1. The molecule has 0 saturated heterocycles. The van der Waals surface area contributed by atoms with Gasteiger partial charge in [0, 0.05) is 6.42 Å². The highest BCUT2D eigenvalue weighted by Crippen LogP contribution is 2.43. The Bertz CT molecular complexity index is 380. The molecule has 0 unspecified atom stereocenters. The molecule has 0 heterocycles. The first-order valence-corrected chi connectivity index (χ1v) is 6.10. The van der Waals surface area contributed by atoms with Gasteiger partial charge in [-0.25, -0.2) is 4.39 Å². The van der Waals surface area contributed by atoms with Crippen molar-refractivity contribution in [3.05, 3.63) is 35.6 Å². The van der Waals surface area contributed by atoms with Crippen molar-refractivity contribution in [2.75, 3.05) is 6.61 Å². The molecule has 17 heavy (non-hydrogen) atoms. The number of hydrogen-bond donors (Lipinski definition) is 0. The lowest BCUT2D eigenvalue weighted by Gasteiger charge is -2.35. The highest BCUT2D eigenvalue weighted by molar-refractivity contribution is 5.69. The highest BCUT2D eigenvalue weighted by Gasteiger charge is 2.31. The molecular weight excluding hydrogens is 219 g/mol. The van der Waals surface area contributed by atoms with E-state index in [1.807, 2.05) is 19.1 Å². The van der Waals surface area contributed by atoms with Crippen LogP contribution in [-0.4, -0.2) is 12.6 Å². The molecule has 0 aromatic heterocycles. The highest BCUT2D eigenvalue weighted by atomic mass is 19.1. The second kappa shape index (κ2) is 5.30. The first-order chi connectivity index (χ1) is 8.19. The van der Waals surface area contributed by atoms with Gasteiger partial charge in [-0.05, 0) is 49.3 Å². The minimum absolute atomic E-state index is 0.102. The van der Waals surface area contributed by atoms with E-state index in [1.54, 1.807) is 0 Å². The second-order valence-electron chi connectivity index (χ2n) is 4.60. The molecule has 0 spiro atoms. The Balaban J connectivity index is 1.79. The van der Waals surface area contributed by atoms with Crippen molar-refractivity contribution < 1.29 is 13.9 Å².